The molecule has 0 spiro atoms. The van der Waals surface area contributed by atoms with Crippen LogP contribution in [-0.4, -0.2) is 59.6 Å². The molecule has 7 heteroatoms. The first-order chi connectivity index (χ1) is 12.7. The zero-order chi connectivity index (χ0) is 18.2. The van der Waals surface area contributed by atoms with Gasteiger partial charge in [-0.1, -0.05) is 29.8 Å². The molecule has 0 aliphatic carbocycles. The SMILES string of the molecule is O=C(CN1CCN(Cc2ccccc2Cl)CC1)N/N=C\c1ccncc1. The summed E-state index contributed by atoms with van der Waals surface area (Å²) in [4.78, 5) is 20.4. The van der Waals surface area contributed by atoms with Crippen molar-refractivity contribution in [2.75, 3.05) is 32.7 Å². The van der Waals surface area contributed by atoms with E-state index in [9.17, 15) is 4.79 Å². The monoisotopic (exact) mass is 371 g/mol. The predicted molar refractivity (Wildman–Crippen MR) is 103 cm³/mol. The summed E-state index contributed by atoms with van der Waals surface area (Å²) in [5.41, 5.74) is 4.62. The number of hydrazone groups is 1. The highest BCUT2D eigenvalue weighted by atomic mass is 35.5. The Labute approximate surface area is 158 Å². The van der Waals surface area contributed by atoms with Gasteiger partial charge >= 0.3 is 0 Å². The van der Waals surface area contributed by atoms with Crippen molar-refractivity contribution in [2.45, 2.75) is 6.54 Å². The Balaban J connectivity index is 1.39. The molecule has 1 saturated heterocycles. The van der Waals surface area contributed by atoms with Crippen molar-refractivity contribution >= 4 is 23.7 Å². The maximum Gasteiger partial charge on any atom is 0.254 e. The molecule has 1 fully saturated rings. The second-order valence-electron chi connectivity index (χ2n) is 6.22. The van der Waals surface area contributed by atoms with Crippen molar-refractivity contribution < 1.29 is 4.79 Å². The fourth-order valence-electron chi connectivity index (χ4n) is 2.84. The van der Waals surface area contributed by atoms with E-state index in [1.807, 2.05) is 30.3 Å². The van der Waals surface area contributed by atoms with Gasteiger partial charge in [0.25, 0.3) is 5.91 Å². The molecule has 2 heterocycles. The Morgan fingerprint density at radius 2 is 1.81 bits per heavy atom. The molecule has 0 unspecified atom stereocenters. The Morgan fingerprint density at radius 1 is 1.12 bits per heavy atom. The van der Waals surface area contributed by atoms with Gasteiger partial charge < -0.3 is 0 Å². The fourth-order valence-corrected chi connectivity index (χ4v) is 3.04. The first kappa shape index (κ1) is 18.5. The summed E-state index contributed by atoms with van der Waals surface area (Å²) in [7, 11) is 0. The zero-order valence-corrected chi connectivity index (χ0v) is 15.3. The van der Waals surface area contributed by atoms with E-state index in [0.717, 1.165) is 48.9 Å². The number of carbonyl (C=O) groups is 1. The van der Waals surface area contributed by atoms with Crippen molar-refractivity contribution in [1.29, 1.82) is 0 Å². The Kier molecular flexibility index (Phi) is 6.71. The van der Waals surface area contributed by atoms with Gasteiger partial charge in [-0.3, -0.25) is 19.6 Å². The quantitative estimate of drug-likeness (QED) is 0.623. The predicted octanol–water partition coefficient (Wildman–Crippen LogP) is 2.00. The van der Waals surface area contributed by atoms with Gasteiger partial charge in [0.05, 0.1) is 12.8 Å². The highest BCUT2D eigenvalue weighted by Crippen LogP contribution is 2.17. The third-order valence-electron chi connectivity index (χ3n) is 4.29. The molecule has 1 N–H and O–H groups in total. The lowest BCUT2D eigenvalue weighted by atomic mass is 10.2. The number of aromatic nitrogens is 1. The molecule has 1 amide bonds. The van der Waals surface area contributed by atoms with Gasteiger partial charge in [0.2, 0.25) is 0 Å². The van der Waals surface area contributed by atoms with E-state index < -0.39 is 0 Å². The summed E-state index contributed by atoms with van der Waals surface area (Å²) in [6.07, 6.45) is 4.98. The zero-order valence-electron chi connectivity index (χ0n) is 14.5. The number of hydrogen-bond acceptors (Lipinski definition) is 5. The van der Waals surface area contributed by atoms with Gasteiger partial charge in [-0.15, -0.1) is 0 Å². The molecule has 26 heavy (non-hydrogen) atoms. The third kappa shape index (κ3) is 5.62. The lowest BCUT2D eigenvalue weighted by Crippen LogP contribution is -2.48. The molecule has 1 aromatic carbocycles. The minimum atomic E-state index is -0.102. The molecule has 0 radical (unpaired) electrons. The summed E-state index contributed by atoms with van der Waals surface area (Å²) in [5.74, 6) is -0.102. The van der Waals surface area contributed by atoms with Gasteiger partial charge in [-0.05, 0) is 29.3 Å². The fraction of sp³-hybridized carbons (Fsp3) is 0.316. The first-order valence-corrected chi connectivity index (χ1v) is 8.98. The van der Waals surface area contributed by atoms with Gasteiger partial charge in [-0.2, -0.15) is 5.10 Å². The molecule has 136 valence electrons. The molecular weight excluding hydrogens is 350 g/mol. The number of pyridine rings is 1. The van der Waals surface area contributed by atoms with Crippen molar-refractivity contribution in [3.05, 3.63) is 64.9 Å². The van der Waals surface area contributed by atoms with E-state index in [1.165, 1.54) is 0 Å². The van der Waals surface area contributed by atoms with Gasteiger partial charge in [0, 0.05) is 50.1 Å². The molecule has 0 bridgehead atoms. The number of nitrogens with zero attached hydrogens (tertiary/aromatic N) is 4. The minimum absolute atomic E-state index is 0.102. The first-order valence-electron chi connectivity index (χ1n) is 8.61. The number of nitrogens with one attached hydrogen (secondary N) is 1. The standard InChI is InChI=1S/C19H22ClN5O/c20-18-4-2-1-3-17(18)14-24-9-11-25(12-10-24)15-19(26)23-22-13-16-5-7-21-8-6-16/h1-8,13H,9-12,14-15H2,(H,23,26)/b22-13-. The van der Waals surface area contributed by atoms with E-state index >= 15 is 0 Å². The van der Waals surface area contributed by atoms with E-state index in [-0.39, 0.29) is 5.91 Å². The van der Waals surface area contributed by atoms with Crippen LogP contribution >= 0.6 is 11.6 Å². The topological polar surface area (TPSA) is 60.8 Å². The number of halogens is 1. The second kappa shape index (κ2) is 9.43. The average molecular weight is 372 g/mol. The molecule has 0 atom stereocenters. The van der Waals surface area contributed by atoms with Crippen LogP contribution in [0.4, 0.5) is 0 Å². The number of rotatable bonds is 6. The molecule has 0 saturated carbocycles. The lowest BCUT2D eigenvalue weighted by Gasteiger charge is -2.34. The van der Waals surface area contributed by atoms with Crippen LogP contribution < -0.4 is 5.43 Å². The van der Waals surface area contributed by atoms with Crippen molar-refractivity contribution in [3.63, 3.8) is 0 Å². The summed E-state index contributed by atoms with van der Waals surface area (Å²) in [6.45, 7) is 4.74. The van der Waals surface area contributed by atoms with Crippen LogP contribution in [0.5, 0.6) is 0 Å². The van der Waals surface area contributed by atoms with E-state index in [1.54, 1.807) is 18.6 Å². The van der Waals surface area contributed by atoms with Crippen LogP contribution in [-0.2, 0) is 11.3 Å². The summed E-state index contributed by atoms with van der Waals surface area (Å²) in [6, 6.07) is 11.6. The highest BCUT2D eigenvalue weighted by molar-refractivity contribution is 6.31. The average Bonchev–Trinajstić information content (AvgIpc) is 2.66. The Hall–Kier alpha value is -2.28. The lowest BCUT2D eigenvalue weighted by molar-refractivity contribution is -0.122. The normalized spacial score (nSPS) is 16.0. The third-order valence-corrected chi connectivity index (χ3v) is 4.66. The van der Waals surface area contributed by atoms with Crippen LogP contribution in [0.3, 0.4) is 0 Å². The Bertz CT molecular complexity index is 745. The molecule has 3 rings (SSSR count). The number of piperazine rings is 1. The Morgan fingerprint density at radius 3 is 2.54 bits per heavy atom. The molecule has 1 aliphatic rings. The molecule has 6 nitrogen and oxygen atoms in total. The molecule has 2 aromatic rings. The van der Waals surface area contributed by atoms with E-state index in [4.69, 9.17) is 11.6 Å². The maximum atomic E-state index is 12.0. The van der Waals surface area contributed by atoms with Crippen molar-refractivity contribution in [2.24, 2.45) is 5.10 Å². The van der Waals surface area contributed by atoms with Gasteiger partial charge in [-0.25, -0.2) is 5.43 Å². The van der Waals surface area contributed by atoms with Crippen LogP contribution in [0.2, 0.25) is 5.02 Å². The van der Waals surface area contributed by atoms with Gasteiger partial charge in [0.1, 0.15) is 0 Å². The van der Waals surface area contributed by atoms with Crippen LogP contribution in [0.25, 0.3) is 0 Å². The second-order valence-corrected chi connectivity index (χ2v) is 6.62. The van der Waals surface area contributed by atoms with Gasteiger partial charge in [0.15, 0.2) is 0 Å². The molecular formula is C19H22ClN5O. The number of hydrogen-bond donors (Lipinski definition) is 1. The van der Waals surface area contributed by atoms with Crippen molar-refractivity contribution in [3.8, 4) is 0 Å². The molecule has 1 aromatic heterocycles. The minimum Gasteiger partial charge on any atom is -0.296 e. The van der Waals surface area contributed by atoms with E-state index in [0.29, 0.717) is 6.54 Å². The molecule has 1 aliphatic heterocycles. The number of benzene rings is 1. The highest BCUT2D eigenvalue weighted by Gasteiger charge is 2.19. The number of amides is 1. The number of carbonyl (C=O) groups excluding carboxylic acids is 1. The summed E-state index contributed by atoms with van der Waals surface area (Å²) >= 11 is 6.23. The largest absolute Gasteiger partial charge is 0.296 e. The summed E-state index contributed by atoms with van der Waals surface area (Å²) < 4.78 is 0. The van der Waals surface area contributed by atoms with Crippen LogP contribution in [0, 0.1) is 0 Å². The smallest absolute Gasteiger partial charge is 0.254 e. The van der Waals surface area contributed by atoms with E-state index in [2.05, 4.69) is 31.4 Å². The maximum absolute atomic E-state index is 12.0. The van der Waals surface area contributed by atoms with Crippen LogP contribution in [0.1, 0.15) is 11.1 Å². The van der Waals surface area contributed by atoms with Crippen molar-refractivity contribution in [1.82, 2.24) is 20.2 Å². The van der Waals surface area contributed by atoms with Crippen LogP contribution in [0.15, 0.2) is 53.9 Å². The summed E-state index contributed by atoms with van der Waals surface area (Å²) in [5, 5.41) is 4.79.